The van der Waals surface area contributed by atoms with Crippen molar-refractivity contribution in [2.45, 2.75) is 12.5 Å². The van der Waals surface area contributed by atoms with E-state index in [-0.39, 0.29) is 17.7 Å². The first kappa shape index (κ1) is 9.91. The van der Waals surface area contributed by atoms with Crippen molar-refractivity contribution in [1.29, 1.82) is 0 Å². The molecule has 1 aromatic rings. The Morgan fingerprint density at radius 3 is 3.20 bits per heavy atom. The molecule has 7 nitrogen and oxygen atoms in total. The fraction of sp³-hybridized carbons (Fsp3) is 0.625. The zero-order valence-corrected chi connectivity index (χ0v) is 8.25. The van der Waals surface area contributed by atoms with Crippen LogP contribution in [0.3, 0.4) is 0 Å². The van der Waals surface area contributed by atoms with Crippen LogP contribution < -0.4 is 4.74 Å². The lowest BCUT2D eigenvalue weighted by Crippen LogP contribution is -2.18. The highest BCUT2D eigenvalue weighted by atomic mass is 16.6. The average molecular weight is 213 g/mol. The van der Waals surface area contributed by atoms with Crippen LogP contribution >= 0.6 is 0 Å². The lowest BCUT2D eigenvalue weighted by atomic mass is 10.3. The lowest BCUT2D eigenvalue weighted by Gasteiger charge is -2.10. The molecule has 0 saturated carbocycles. The van der Waals surface area contributed by atoms with Gasteiger partial charge >= 0.3 is 5.69 Å². The summed E-state index contributed by atoms with van der Waals surface area (Å²) in [5.41, 5.74) is -0.107. The smallest absolute Gasteiger partial charge is 0.350 e. The van der Waals surface area contributed by atoms with E-state index in [0.717, 1.165) is 6.42 Å². The third kappa shape index (κ3) is 1.91. The molecule has 1 saturated heterocycles. The van der Waals surface area contributed by atoms with Crippen LogP contribution in [0, 0.1) is 10.1 Å². The summed E-state index contributed by atoms with van der Waals surface area (Å²) < 4.78 is 12.0. The number of hydrogen-bond acceptors (Lipinski definition) is 5. The first-order valence-electron chi connectivity index (χ1n) is 4.59. The predicted octanol–water partition coefficient (Wildman–Crippen LogP) is 0.496. The van der Waals surface area contributed by atoms with Gasteiger partial charge in [0, 0.05) is 13.5 Å². The lowest BCUT2D eigenvalue weighted by molar-refractivity contribution is -0.386. The normalized spacial score (nSPS) is 20.5. The first-order chi connectivity index (χ1) is 7.18. The van der Waals surface area contributed by atoms with Crippen LogP contribution in [0.15, 0.2) is 6.20 Å². The highest BCUT2D eigenvalue weighted by Crippen LogP contribution is 2.27. The van der Waals surface area contributed by atoms with Crippen LogP contribution in [0.25, 0.3) is 0 Å². The van der Waals surface area contributed by atoms with Gasteiger partial charge in [0.15, 0.2) is 0 Å². The van der Waals surface area contributed by atoms with Crippen molar-refractivity contribution in [3.63, 3.8) is 0 Å². The summed E-state index contributed by atoms with van der Waals surface area (Å²) in [5, 5.41) is 14.4. The van der Waals surface area contributed by atoms with Gasteiger partial charge in [-0.25, -0.2) is 4.68 Å². The van der Waals surface area contributed by atoms with Gasteiger partial charge in [-0.05, 0) is 0 Å². The fourth-order valence-electron chi connectivity index (χ4n) is 1.44. The second-order valence-corrected chi connectivity index (χ2v) is 3.32. The molecule has 7 heteroatoms. The molecule has 2 heterocycles. The molecular weight excluding hydrogens is 202 g/mol. The van der Waals surface area contributed by atoms with E-state index in [0.29, 0.717) is 13.2 Å². The zero-order valence-electron chi connectivity index (χ0n) is 8.25. The average Bonchev–Trinajstić information content (AvgIpc) is 2.78. The maximum atomic E-state index is 10.6. The molecule has 0 bridgehead atoms. The summed E-state index contributed by atoms with van der Waals surface area (Å²) in [5.74, 6) is 0.190. The number of nitro groups is 1. The SMILES string of the molecule is Cn1ncc([N+](=O)[O-])c1OC1CCOC1. The highest BCUT2D eigenvalue weighted by Gasteiger charge is 2.26. The van der Waals surface area contributed by atoms with Crippen LogP contribution in [-0.4, -0.2) is 34.0 Å². The van der Waals surface area contributed by atoms with E-state index in [2.05, 4.69) is 5.10 Å². The number of nitrogens with zero attached hydrogens (tertiary/aromatic N) is 3. The molecule has 0 spiro atoms. The molecule has 0 aliphatic carbocycles. The van der Waals surface area contributed by atoms with Gasteiger partial charge in [-0.3, -0.25) is 10.1 Å². The van der Waals surface area contributed by atoms with Crippen LogP contribution in [0.5, 0.6) is 5.88 Å². The molecule has 1 unspecified atom stereocenters. The molecule has 0 N–H and O–H groups in total. The van der Waals surface area contributed by atoms with Crippen molar-refractivity contribution in [1.82, 2.24) is 9.78 Å². The van der Waals surface area contributed by atoms with Crippen LogP contribution in [0.4, 0.5) is 5.69 Å². The summed E-state index contributed by atoms with van der Waals surface area (Å²) in [6.07, 6.45) is 1.83. The Balaban J connectivity index is 2.18. The topological polar surface area (TPSA) is 79.4 Å². The quantitative estimate of drug-likeness (QED) is 0.539. The van der Waals surface area contributed by atoms with Gasteiger partial charge in [0.1, 0.15) is 12.3 Å². The number of aryl methyl sites for hydroxylation is 1. The van der Waals surface area contributed by atoms with E-state index in [1.807, 2.05) is 0 Å². The number of ether oxygens (including phenoxy) is 2. The Morgan fingerprint density at radius 2 is 2.60 bits per heavy atom. The summed E-state index contributed by atoms with van der Waals surface area (Å²) in [6.45, 7) is 1.11. The minimum atomic E-state index is -0.502. The Hall–Kier alpha value is -1.63. The van der Waals surface area contributed by atoms with Crippen molar-refractivity contribution >= 4 is 5.69 Å². The largest absolute Gasteiger partial charge is 0.467 e. The van der Waals surface area contributed by atoms with Gasteiger partial charge in [0.25, 0.3) is 5.88 Å². The van der Waals surface area contributed by atoms with Crippen LogP contribution in [0.2, 0.25) is 0 Å². The third-order valence-electron chi connectivity index (χ3n) is 2.23. The molecule has 0 aromatic carbocycles. The predicted molar refractivity (Wildman–Crippen MR) is 49.7 cm³/mol. The van der Waals surface area contributed by atoms with Crippen molar-refractivity contribution in [3.05, 3.63) is 16.3 Å². The highest BCUT2D eigenvalue weighted by molar-refractivity contribution is 5.39. The maximum Gasteiger partial charge on any atom is 0.350 e. The van der Waals surface area contributed by atoms with Gasteiger partial charge in [-0.2, -0.15) is 5.10 Å². The Morgan fingerprint density at radius 1 is 1.80 bits per heavy atom. The van der Waals surface area contributed by atoms with Crippen molar-refractivity contribution in [2.24, 2.45) is 7.05 Å². The molecule has 1 atom stereocenters. The fourth-order valence-corrected chi connectivity index (χ4v) is 1.44. The van der Waals surface area contributed by atoms with E-state index in [4.69, 9.17) is 9.47 Å². The number of aromatic nitrogens is 2. The zero-order chi connectivity index (χ0) is 10.8. The van der Waals surface area contributed by atoms with Crippen LogP contribution in [-0.2, 0) is 11.8 Å². The third-order valence-corrected chi connectivity index (χ3v) is 2.23. The minimum Gasteiger partial charge on any atom is -0.467 e. The number of rotatable bonds is 3. The molecule has 2 rings (SSSR count). The number of hydrogen-bond donors (Lipinski definition) is 0. The minimum absolute atomic E-state index is 0.107. The van der Waals surface area contributed by atoms with Crippen molar-refractivity contribution in [2.75, 3.05) is 13.2 Å². The monoisotopic (exact) mass is 213 g/mol. The molecule has 1 fully saturated rings. The van der Waals surface area contributed by atoms with E-state index in [9.17, 15) is 10.1 Å². The van der Waals surface area contributed by atoms with Crippen molar-refractivity contribution < 1.29 is 14.4 Å². The summed E-state index contributed by atoms with van der Waals surface area (Å²) in [6, 6.07) is 0. The van der Waals surface area contributed by atoms with E-state index >= 15 is 0 Å². The molecule has 1 aliphatic rings. The molecular formula is C8H11N3O4. The molecule has 0 amide bonds. The molecule has 1 aromatic heterocycles. The van der Waals surface area contributed by atoms with Crippen LogP contribution in [0.1, 0.15) is 6.42 Å². The van der Waals surface area contributed by atoms with Crippen molar-refractivity contribution in [3.8, 4) is 5.88 Å². The first-order valence-corrected chi connectivity index (χ1v) is 4.59. The summed E-state index contributed by atoms with van der Waals surface area (Å²) in [4.78, 5) is 10.1. The summed E-state index contributed by atoms with van der Waals surface area (Å²) >= 11 is 0. The van der Waals surface area contributed by atoms with Gasteiger partial charge in [-0.15, -0.1) is 0 Å². The maximum absolute atomic E-state index is 10.6. The Kier molecular flexibility index (Phi) is 2.55. The standard InChI is InChI=1S/C8H11N3O4/c1-10-8(7(4-9-10)11(12)13)15-6-2-3-14-5-6/h4,6H,2-3,5H2,1H3. The second kappa shape index (κ2) is 3.85. The molecule has 0 radical (unpaired) electrons. The summed E-state index contributed by atoms with van der Waals surface area (Å²) in [7, 11) is 1.61. The van der Waals surface area contributed by atoms with E-state index in [1.54, 1.807) is 7.05 Å². The molecule has 15 heavy (non-hydrogen) atoms. The Bertz CT molecular complexity index is 370. The molecule has 82 valence electrons. The van der Waals surface area contributed by atoms with Gasteiger partial charge in [-0.1, -0.05) is 0 Å². The van der Waals surface area contributed by atoms with E-state index in [1.165, 1.54) is 10.9 Å². The van der Waals surface area contributed by atoms with Gasteiger partial charge < -0.3 is 9.47 Å². The van der Waals surface area contributed by atoms with Gasteiger partial charge in [0.05, 0.1) is 18.1 Å². The second-order valence-electron chi connectivity index (χ2n) is 3.32. The van der Waals surface area contributed by atoms with Gasteiger partial charge in [0.2, 0.25) is 0 Å². The Labute approximate surface area is 85.7 Å². The van der Waals surface area contributed by atoms with E-state index < -0.39 is 4.92 Å². The molecule has 1 aliphatic heterocycles.